The first kappa shape index (κ1) is 13.2. The van der Waals surface area contributed by atoms with Crippen molar-refractivity contribution < 1.29 is 4.79 Å². The van der Waals surface area contributed by atoms with Crippen LogP contribution in [0.15, 0.2) is 24.3 Å². The molecule has 2 N–H and O–H groups in total. The van der Waals surface area contributed by atoms with Crippen LogP contribution in [0.2, 0.25) is 5.02 Å². The third-order valence-corrected chi connectivity index (χ3v) is 3.51. The Balaban J connectivity index is 1.91. The number of likely N-dealkylation sites (tertiary alicyclic amines) is 1. The largest absolute Gasteiger partial charge is 0.324 e. The fraction of sp³-hybridized carbons (Fsp3) is 0.462. The van der Waals surface area contributed by atoms with Crippen molar-refractivity contribution >= 4 is 23.3 Å². The van der Waals surface area contributed by atoms with E-state index in [-0.39, 0.29) is 6.03 Å². The molecule has 0 aromatic heterocycles. The van der Waals surface area contributed by atoms with E-state index in [9.17, 15) is 4.79 Å². The molecule has 1 saturated heterocycles. The first-order chi connectivity index (χ1) is 8.70. The Morgan fingerprint density at radius 3 is 3.00 bits per heavy atom. The van der Waals surface area contributed by atoms with Gasteiger partial charge >= 0.3 is 6.03 Å². The standard InChI is InChI=1S/C13H18ClN3O/c1-15-8-10-6-7-17(9-10)13(18)16-12-5-3-2-4-11(12)14/h2-5,10,15H,6-9H2,1H3,(H,16,18). The molecule has 1 aliphatic rings. The highest BCUT2D eigenvalue weighted by Crippen LogP contribution is 2.22. The molecule has 0 spiro atoms. The average Bonchev–Trinajstić information content (AvgIpc) is 2.81. The first-order valence-electron chi connectivity index (χ1n) is 6.15. The zero-order valence-corrected chi connectivity index (χ0v) is 11.2. The van der Waals surface area contributed by atoms with Crippen LogP contribution in [-0.4, -0.2) is 37.6 Å². The van der Waals surface area contributed by atoms with Crippen LogP contribution in [0, 0.1) is 5.92 Å². The number of rotatable bonds is 3. The van der Waals surface area contributed by atoms with Gasteiger partial charge in [0.2, 0.25) is 0 Å². The third kappa shape index (κ3) is 3.15. The molecule has 98 valence electrons. The van der Waals surface area contributed by atoms with Crippen LogP contribution in [0.5, 0.6) is 0 Å². The van der Waals surface area contributed by atoms with Gasteiger partial charge in [-0.15, -0.1) is 0 Å². The van der Waals surface area contributed by atoms with Crippen molar-refractivity contribution in [2.45, 2.75) is 6.42 Å². The topological polar surface area (TPSA) is 44.4 Å². The molecule has 1 unspecified atom stereocenters. The van der Waals surface area contributed by atoms with Crippen molar-refractivity contribution in [3.8, 4) is 0 Å². The van der Waals surface area contributed by atoms with E-state index in [4.69, 9.17) is 11.6 Å². The Labute approximate surface area is 112 Å². The summed E-state index contributed by atoms with van der Waals surface area (Å²) in [4.78, 5) is 13.9. The van der Waals surface area contributed by atoms with Crippen molar-refractivity contribution in [3.63, 3.8) is 0 Å². The lowest BCUT2D eigenvalue weighted by atomic mass is 10.1. The summed E-state index contributed by atoms with van der Waals surface area (Å²) >= 11 is 6.01. The van der Waals surface area contributed by atoms with Gasteiger partial charge in [0.1, 0.15) is 0 Å². The second-order valence-electron chi connectivity index (χ2n) is 4.57. The number of halogens is 1. The molecule has 1 aromatic rings. The summed E-state index contributed by atoms with van der Waals surface area (Å²) in [6.07, 6.45) is 1.05. The molecule has 2 rings (SSSR count). The molecular weight excluding hydrogens is 250 g/mol. The van der Waals surface area contributed by atoms with E-state index in [1.807, 2.05) is 24.1 Å². The number of nitrogens with zero attached hydrogens (tertiary/aromatic N) is 1. The van der Waals surface area contributed by atoms with E-state index in [2.05, 4.69) is 10.6 Å². The lowest BCUT2D eigenvalue weighted by Gasteiger charge is -2.17. The van der Waals surface area contributed by atoms with Gasteiger partial charge in [-0.3, -0.25) is 0 Å². The molecule has 0 aliphatic carbocycles. The van der Waals surface area contributed by atoms with E-state index in [0.717, 1.165) is 26.1 Å². The smallest absolute Gasteiger partial charge is 0.321 e. The number of carbonyl (C=O) groups excluding carboxylic acids is 1. The molecule has 0 radical (unpaired) electrons. The van der Waals surface area contributed by atoms with Gasteiger partial charge in [-0.05, 0) is 38.1 Å². The fourth-order valence-electron chi connectivity index (χ4n) is 2.23. The summed E-state index contributed by atoms with van der Waals surface area (Å²) in [6, 6.07) is 7.21. The normalized spacial score (nSPS) is 19.0. The van der Waals surface area contributed by atoms with Crippen molar-refractivity contribution in [1.82, 2.24) is 10.2 Å². The zero-order valence-electron chi connectivity index (χ0n) is 10.4. The van der Waals surface area contributed by atoms with Crippen LogP contribution < -0.4 is 10.6 Å². The molecule has 0 bridgehead atoms. The summed E-state index contributed by atoms with van der Waals surface area (Å²) in [7, 11) is 1.94. The van der Waals surface area contributed by atoms with Gasteiger partial charge in [0.05, 0.1) is 10.7 Å². The predicted molar refractivity (Wildman–Crippen MR) is 74.1 cm³/mol. The second-order valence-corrected chi connectivity index (χ2v) is 4.98. The van der Waals surface area contributed by atoms with Gasteiger partial charge in [-0.25, -0.2) is 4.79 Å². The highest BCUT2D eigenvalue weighted by Gasteiger charge is 2.25. The van der Waals surface area contributed by atoms with E-state index >= 15 is 0 Å². The number of amides is 2. The number of urea groups is 1. The van der Waals surface area contributed by atoms with Crippen LogP contribution in [-0.2, 0) is 0 Å². The van der Waals surface area contributed by atoms with E-state index in [1.165, 1.54) is 0 Å². The maximum Gasteiger partial charge on any atom is 0.321 e. The molecule has 5 heteroatoms. The molecule has 1 aliphatic heterocycles. The summed E-state index contributed by atoms with van der Waals surface area (Å²) in [5.41, 5.74) is 0.668. The Hall–Kier alpha value is -1.26. The highest BCUT2D eigenvalue weighted by molar-refractivity contribution is 6.33. The predicted octanol–water partition coefficient (Wildman–Crippen LogP) is 2.41. The third-order valence-electron chi connectivity index (χ3n) is 3.18. The SMILES string of the molecule is CNCC1CCN(C(=O)Nc2ccccc2Cl)C1. The summed E-state index contributed by atoms with van der Waals surface area (Å²) < 4.78 is 0. The van der Waals surface area contributed by atoms with E-state index < -0.39 is 0 Å². The molecule has 4 nitrogen and oxygen atoms in total. The van der Waals surface area contributed by atoms with Gasteiger partial charge < -0.3 is 15.5 Å². The number of carbonyl (C=O) groups is 1. The number of anilines is 1. The fourth-order valence-corrected chi connectivity index (χ4v) is 2.41. The van der Waals surface area contributed by atoms with Crippen LogP contribution in [0.1, 0.15) is 6.42 Å². The number of benzene rings is 1. The quantitative estimate of drug-likeness (QED) is 0.883. The van der Waals surface area contributed by atoms with Gasteiger partial charge in [0.25, 0.3) is 0 Å². The van der Waals surface area contributed by atoms with Gasteiger partial charge in [0.15, 0.2) is 0 Å². The summed E-state index contributed by atoms with van der Waals surface area (Å²) in [5, 5.41) is 6.56. The minimum atomic E-state index is -0.0679. The Morgan fingerprint density at radius 1 is 1.50 bits per heavy atom. The molecule has 18 heavy (non-hydrogen) atoms. The van der Waals surface area contributed by atoms with Crippen LogP contribution in [0.25, 0.3) is 0 Å². The maximum atomic E-state index is 12.1. The van der Waals surface area contributed by atoms with Crippen LogP contribution in [0.4, 0.5) is 10.5 Å². The Morgan fingerprint density at radius 2 is 2.28 bits per heavy atom. The lowest BCUT2D eigenvalue weighted by Crippen LogP contribution is -2.34. The lowest BCUT2D eigenvalue weighted by molar-refractivity contribution is 0.221. The molecule has 1 aromatic carbocycles. The molecule has 1 fully saturated rings. The molecular formula is C13H18ClN3O. The number of hydrogen-bond acceptors (Lipinski definition) is 2. The molecule has 0 saturated carbocycles. The first-order valence-corrected chi connectivity index (χ1v) is 6.53. The average molecular weight is 268 g/mol. The zero-order chi connectivity index (χ0) is 13.0. The highest BCUT2D eigenvalue weighted by atomic mass is 35.5. The van der Waals surface area contributed by atoms with Crippen molar-refractivity contribution in [1.29, 1.82) is 0 Å². The van der Waals surface area contributed by atoms with E-state index in [0.29, 0.717) is 16.6 Å². The van der Waals surface area contributed by atoms with Crippen molar-refractivity contribution in [2.75, 3.05) is 32.0 Å². The Kier molecular flexibility index (Phi) is 4.44. The summed E-state index contributed by atoms with van der Waals surface area (Å²) in [5.74, 6) is 0.548. The second kappa shape index (κ2) is 6.07. The minimum absolute atomic E-state index is 0.0679. The minimum Gasteiger partial charge on any atom is -0.324 e. The van der Waals surface area contributed by atoms with Crippen LogP contribution in [0.3, 0.4) is 0 Å². The monoisotopic (exact) mass is 267 g/mol. The van der Waals surface area contributed by atoms with Crippen LogP contribution >= 0.6 is 11.6 Å². The summed E-state index contributed by atoms with van der Waals surface area (Å²) in [6.45, 7) is 2.57. The number of hydrogen-bond donors (Lipinski definition) is 2. The number of para-hydroxylation sites is 1. The number of nitrogens with one attached hydrogen (secondary N) is 2. The Bertz CT molecular complexity index is 424. The van der Waals surface area contributed by atoms with Crippen molar-refractivity contribution in [2.24, 2.45) is 5.92 Å². The molecule has 1 atom stereocenters. The van der Waals surface area contributed by atoms with Gasteiger partial charge in [-0.1, -0.05) is 23.7 Å². The molecule has 1 heterocycles. The van der Waals surface area contributed by atoms with Gasteiger partial charge in [-0.2, -0.15) is 0 Å². The molecule has 2 amide bonds. The van der Waals surface area contributed by atoms with E-state index in [1.54, 1.807) is 12.1 Å². The van der Waals surface area contributed by atoms with Crippen molar-refractivity contribution in [3.05, 3.63) is 29.3 Å². The maximum absolute atomic E-state index is 12.1. The van der Waals surface area contributed by atoms with Gasteiger partial charge in [0, 0.05) is 13.1 Å².